The van der Waals surface area contributed by atoms with Crippen molar-refractivity contribution in [1.29, 1.82) is 0 Å². The van der Waals surface area contributed by atoms with Crippen LogP contribution in [0.2, 0.25) is 0 Å². The molecule has 1 N–H and O–H groups in total. The second-order valence-electron chi connectivity index (χ2n) is 4.65. The molecule has 0 aromatic heterocycles. The Kier molecular flexibility index (Phi) is 3.10. The molecule has 14 heavy (non-hydrogen) atoms. The van der Waals surface area contributed by atoms with Crippen LogP contribution < -0.4 is 5.32 Å². The summed E-state index contributed by atoms with van der Waals surface area (Å²) in [6.07, 6.45) is 9.42. The number of fused-ring (bicyclic) bond motifs is 2. The largest absolute Gasteiger partial charge is 0.303 e. The molecule has 0 aliphatic carbocycles. The van der Waals surface area contributed by atoms with Gasteiger partial charge in [-0.25, -0.2) is 0 Å². The van der Waals surface area contributed by atoms with Gasteiger partial charge in [-0.1, -0.05) is 5.92 Å². The fourth-order valence-corrected chi connectivity index (χ4v) is 2.77. The van der Waals surface area contributed by atoms with E-state index in [1.54, 1.807) is 0 Å². The van der Waals surface area contributed by atoms with E-state index < -0.39 is 0 Å². The molecular formula is C12H20N2. The Morgan fingerprint density at radius 3 is 3.07 bits per heavy atom. The van der Waals surface area contributed by atoms with Crippen LogP contribution in [0.3, 0.4) is 0 Å². The predicted octanol–water partition coefficient (Wildman–Crippen LogP) is 1.08. The minimum Gasteiger partial charge on any atom is -0.303 e. The maximum absolute atomic E-state index is 5.39. The van der Waals surface area contributed by atoms with Gasteiger partial charge in [-0.05, 0) is 45.2 Å². The SMILES string of the molecule is C#CC(C)NC1CCN2CCCC1C2. The van der Waals surface area contributed by atoms with Gasteiger partial charge >= 0.3 is 0 Å². The van der Waals surface area contributed by atoms with Crippen molar-refractivity contribution >= 4 is 0 Å². The number of nitrogens with zero attached hydrogens (tertiary/aromatic N) is 1. The second kappa shape index (κ2) is 4.33. The van der Waals surface area contributed by atoms with E-state index >= 15 is 0 Å². The van der Waals surface area contributed by atoms with Gasteiger partial charge in [0, 0.05) is 12.6 Å². The average molecular weight is 192 g/mol. The van der Waals surface area contributed by atoms with Crippen LogP contribution in [0.5, 0.6) is 0 Å². The van der Waals surface area contributed by atoms with Crippen LogP contribution in [-0.4, -0.2) is 36.6 Å². The Hall–Kier alpha value is -0.520. The lowest BCUT2D eigenvalue weighted by Gasteiger charge is -2.43. The zero-order valence-corrected chi connectivity index (χ0v) is 9.00. The molecule has 0 saturated carbocycles. The van der Waals surface area contributed by atoms with Gasteiger partial charge in [0.25, 0.3) is 0 Å². The quantitative estimate of drug-likeness (QED) is 0.659. The molecule has 0 spiro atoms. The first-order valence-corrected chi connectivity index (χ1v) is 5.74. The van der Waals surface area contributed by atoms with Crippen molar-refractivity contribution in [2.24, 2.45) is 5.92 Å². The van der Waals surface area contributed by atoms with Crippen LogP contribution in [-0.2, 0) is 0 Å². The molecule has 0 aromatic rings. The van der Waals surface area contributed by atoms with E-state index in [2.05, 4.69) is 23.1 Å². The van der Waals surface area contributed by atoms with Gasteiger partial charge in [0.1, 0.15) is 0 Å². The number of piperidine rings is 2. The third kappa shape index (κ3) is 2.10. The van der Waals surface area contributed by atoms with E-state index in [9.17, 15) is 0 Å². The molecule has 2 bridgehead atoms. The smallest absolute Gasteiger partial charge is 0.0660 e. The molecule has 2 saturated heterocycles. The lowest BCUT2D eigenvalue weighted by atomic mass is 9.84. The van der Waals surface area contributed by atoms with Gasteiger partial charge in [0.15, 0.2) is 0 Å². The van der Waals surface area contributed by atoms with Crippen LogP contribution in [0.1, 0.15) is 26.2 Å². The summed E-state index contributed by atoms with van der Waals surface area (Å²) < 4.78 is 0. The molecule has 2 fully saturated rings. The maximum Gasteiger partial charge on any atom is 0.0660 e. The molecule has 2 nitrogen and oxygen atoms in total. The van der Waals surface area contributed by atoms with Crippen molar-refractivity contribution in [3.63, 3.8) is 0 Å². The molecular weight excluding hydrogens is 172 g/mol. The fourth-order valence-electron chi connectivity index (χ4n) is 2.77. The Morgan fingerprint density at radius 1 is 1.43 bits per heavy atom. The van der Waals surface area contributed by atoms with Crippen LogP contribution in [0.25, 0.3) is 0 Å². The number of rotatable bonds is 2. The summed E-state index contributed by atoms with van der Waals surface area (Å²) >= 11 is 0. The highest BCUT2D eigenvalue weighted by atomic mass is 15.2. The highest BCUT2D eigenvalue weighted by molar-refractivity contribution is 4.99. The minimum atomic E-state index is 0.230. The Balaban J connectivity index is 1.90. The van der Waals surface area contributed by atoms with Gasteiger partial charge in [0.05, 0.1) is 6.04 Å². The molecule has 2 heterocycles. The Labute approximate surface area is 87.1 Å². The molecule has 0 radical (unpaired) electrons. The molecule has 2 aliphatic heterocycles. The molecule has 4 unspecified atom stereocenters. The molecule has 0 aromatic carbocycles. The highest BCUT2D eigenvalue weighted by Gasteiger charge is 2.31. The first kappa shape index (κ1) is 10.0. The van der Waals surface area contributed by atoms with Crippen molar-refractivity contribution in [3.05, 3.63) is 0 Å². The van der Waals surface area contributed by atoms with E-state index in [-0.39, 0.29) is 6.04 Å². The standard InChI is InChI=1S/C12H20N2/c1-3-10(2)13-12-6-8-14-7-4-5-11(12)9-14/h1,10-13H,4-9H2,2H3. The van der Waals surface area contributed by atoms with Crippen molar-refractivity contribution in [3.8, 4) is 12.3 Å². The van der Waals surface area contributed by atoms with Gasteiger partial charge < -0.3 is 10.2 Å². The highest BCUT2D eigenvalue weighted by Crippen LogP contribution is 2.26. The monoisotopic (exact) mass is 192 g/mol. The minimum absolute atomic E-state index is 0.230. The molecule has 4 atom stereocenters. The topological polar surface area (TPSA) is 15.3 Å². The molecule has 0 amide bonds. The summed E-state index contributed by atoms with van der Waals surface area (Å²) in [5.74, 6) is 3.60. The van der Waals surface area contributed by atoms with Crippen LogP contribution >= 0.6 is 0 Å². The lowest BCUT2D eigenvalue weighted by Crippen LogP contribution is -2.53. The Morgan fingerprint density at radius 2 is 2.29 bits per heavy atom. The average Bonchev–Trinajstić information content (AvgIpc) is 2.23. The first-order chi connectivity index (χ1) is 6.79. The van der Waals surface area contributed by atoms with Crippen molar-refractivity contribution in [1.82, 2.24) is 10.2 Å². The molecule has 78 valence electrons. The van der Waals surface area contributed by atoms with Crippen LogP contribution in [0.15, 0.2) is 0 Å². The number of hydrogen-bond acceptors (Lipinski definition) is 2. The summed E-state index contributed by atoms with van der Waals surface area (Å²) in [6, 6.07) is 0.895. The van der Waals surface area contributed by atoms with Gasteiger partial charge in [-0.2, -0.15) is 0 Å². The van der Waals surface area contributed by atoms with Crippen molar-refractivity contribution in [2.75, 3.05) is 19.6 Å². The zero-order valence-electron chi connectivity index (χ0n) is 9.00. The van der Waals surface area contributed by atoms with Crippen molar-refractivity contribution < 1.29 is 0 Å². The number of hydrogen-bond donors (Lipinski definition) is 1. The lowest BCUT2D eigenvalue weighted by molar-refractivity contribution is 0.0905. The van der Waals surface area contributed by atoms with Gasteiger partial charge in [-0.15, -0.1) is 6.42 Å². The normalized spacial score (nSPS) is 38.7. The number of nitrogens with one attached hydrogen (secondary N) is 1. The van der Waals surface area contributed by atoms with Crippen LogP contribution in [0, 0.1) is 18.3 Å². The molecule has 2 aliphatic rings. The van der Waals surface area contributed by atoms with E-state index in [0.29, 0.717) is 6.04 Å². The first-order valence-electron chi connectivity index (χ1n) is 5.74. The zero-order chi connectivity index (χ0) is 9.97. The van der Waals surface area contributed by atoms with E-state index in [4.69, 9.17) is 6.42 Å². The van der Waals surface area contributed by atoms with E-state index in [1.807, 2.05) is 0 Å². The van der Waals surface area contributed by atoms with Gasteiger partial charge in [0.2, 0.25) is 0 Å². The summed E-state index contributed by atoms with van der Waals surface area (Å²) in [6.45, 7) is 5.93. The summed E-state index contributed by atoms with van der Waals surface area (Å²) in [7, 11) is 0. The maximum atomic E-state index is 5.39. The van der Waals surface area contributed by atoms with E-state index in [1.165, 1.54) is 38.9 Å². The van der Waals surface area contributed by atoms with E-state index in [0.717, 1.165) is 5.92 Å². The van der Waals surface area contributed by atoms with Crippen molar-refractivity contribution in [2.45, 2.75) is 38.3 Å². The third-order valence-electron chi connectivity index (χ3n) is 3.58. The summed E-state index contributed by atoms with van der Waals surface area (Å²) in [4.78, 5) is 2.59. The Bertz CT molecular complexity index is 231. The van der Waals surface area contributed by atoms with Crippen LogP contribution in [0.4, 0.5) is 0 Å². The summed E-state index contributed by atoms with van der Waals surface area (Å²) in [5.41, 5.74) is 0. The number of terminal acetylenes is 1. The fraction of sp³-hybridized carbons (Fsp3) is 0.833. The second-order valence-corrected chi connectivity index (χ2v) is 4.65. The predicted molar refractivity (Wildman–Crippen MR) is 59.0 cm³/mol. The molecule has 2 rings (SSSR count). The van der Waals surface area contributed by atoms with Gasteiger partial charge in [-0.3, -0.25) is 0 Å². The third-order valence-corrected chi connectivity index (χ3v) is 3.58. The summed E-state index contributed by atoms with van der Waals surface area (Å²) in [5, 5.41) is 3.56. The molecule has 2 heteroatoms.